The monoisotopic (exact) mass is 512 g/mol. The minimum absolute atomic E-state index is 0.0241. The highest BCUT2D eigenvalue weighted by atomic mass is 16.3. The van der Waals surface area contributed by atoms with E-state index in [0.717, 1.165) is 63.7 Å². The zero-order valence-corrected chi connectivity index (χ0v) is 22.6. The van der Waals surface area contributed by atoms with Gasteiger partial charge in [-0.1, -0.05) is 51.2 Å². The minimum atomic E-state index is -0.873. The van der Waals surface area contributed by atoms with E-state index in [9.17, 15) is 19.5 Å². The highest BCUT2D eigenvalue weighted by Gasteiger charge is 2.54. The third-order valence-corrected chi connectivity index (χ3v) is 8.70. The molecule has 8 heteroatoms. The molecule has 204 valence electrons. The van der Waals surface area contributed by atoms with E-state index in [1.165, 1.54) is 0 Å². The van der Waals surface area contributed by atoms with Gasteiger partial charge < -0.3 is 20.6 Å². The van der Waals surface area contributed by atoms with Gasteiger partial charge in [0, 0.05) is 45.2 Å². The number of aliphatic hydroxyl groups is 1. The molecule has 3 aliphatic rings. The molecule has 1 saturated carbocycles. The molecule has 0 aromatic heterocycles. The predicted octanol–water partition coefficient (Wildman–Crippen LogP) is 2.98. The Morgan fingerprint density at radius 1 is 1.05 bits per heavy atom. The maximum absolute atomic E-state index is 13.8. The normalized spacial score (nSPS) is 24.0. The van der Waals surface area contributed by atoms with Crippen LogP contribution in [-0.4, -0.2) is 76.5 Å². The molecule has 3 amide bonds. The number of amides is 3. The number of hydrogen-bond donors (Lipinski definition) is 3. The molecule has 8 nitrogen and oxygen atoms in total. The summed E-state index contributed by atoms with van der Waals surface area (Å²) in [5.74, 6) is -0.181. The summed E-state index contributed by atoms with van der Waals surface area (Å²) in [6, 6.07) is 6.98. The zero-order chi connectivity index (χ0) is 26.5. The molecule has 1 aliphatic carbocycles. The third kappa shape index (κ3) is 6.17. The van der Waals surface area contributed by atoms with Crippen molar-refractivity contribution in [2.24, 2.45) is 0 Å². The van der Waals surface area contributed by atoms with Crippen molar-refractivity contribution in [1.82, 2.24) is 20.4 Å². The molecule has 1 aromatic carbocycles. The van der Waals surface area contributed by atoms with Gasteiger partial charge in [0.25, 0.3) is 5.91 Å². The topological polar surface area (TPSA) is 102 Å². The van der Waals surface area contributed by atoms with Crippen LogP contribution in [0.5, 0.6) is 0 Å². The van der Waals surface area contributed by atoms with Gasteiger partial charge in [0.15, 0.2) is 0 Å². The first-order valence-corrected chi connectivity index (χ1v) is 14.2. The number of nitrogens with one attached hydrogen (secondary N) is 2. The van der Waals surface area contributed by atoms with Crippen LogP contribution in [0.3, 0.4) is 0 Å². The molecule has 0 unspecified atom stereocenters. The predicted molar refractivity (Wildman–Crippen MR) is 143 cm³/mol. The van der Waals surface area contributed by atoms with Crippen molar-refractivity contribution in [3.8, 4) is 0 Å². The molecule has 1 atom stereocenters. The van der Waals surface area contributed by atoms with Crippen molar-refractivity contribution in [2.45, 2.75) is 101 Å². The molecular formula is C29H44N4O4. The van der Waals surface area contributed by atoms with Crippen LogP contribution in [0.2, 0.25) is 0 Å². The van der Waals surface area contributed by atoms with Gasteiger partial charge in [-0.2, -0.15) is 0 Å². The standard InChI is InChI=1S/C29H44N4O4/c1-3-4-17-33-26(35)24(20-28(37)13-7-5-6-8-14-28)31-27(36)29(33)15-18-32(19-16-29)21-22-9-11-23(12-10-22)25(34)30-2/h9-12,24,37H,3-8,13-21H2,1-2H3,(H,30,34)(H,31,36)/t24-/m1/s1. The van der Waals surface area contributed by atoms with E-state index >= 15 is 0 Å². The Balaban J connectivity index is 1.43. The Hall–Kier alpha value is -2.45. The molecule has 2 heterocycles. The summed E-state index contributed by atoms with van der Waals surface area (Å²) in [5.41, 5.74) is 0.0686. The summed E-state index contributed by atoms with van der Waals surface area (Å²) in [5, 5.41) is 17.0. The molecule has 2 saturated heterocycles. The zero-order valence-electron chi connectivity index (χ0n) is 22.6. The van der Waals surface area contributed by atoms with Gasteiger partial charge in [-0.25, -0.2) is 0 Å². The number of piperidine rings is 1. The van der Waals surface area contributed by atoms with Crippen LogP contribution < -0.4 is 10.6 Å². The van der Waals surface area contributed by atoms with E-state index in [1.54, 1.807) is 7.05 Å². The average molecular weight is 513 g/mol. The van der Waals surface area contributed by atoms with Crippen molar-refractivity contribution in [3.05, 3.63) is 35.4 Å². The Morgan fingerprint density at radius 2 is 1.70 bits per heavy atom. The van der Waals surface area contributed by atoms with Crippen LogP contribution in [0, 0.1) is 0 Å². The molecule has 1 spiro atoms. The number of benzene rings is 1. The number of rotatable bonds is 8. The van der Waals surface area contributed by atoms with Crippen molar-refractivity contribution < 1.29 is 19.5 Å². The molecule has 4 rings (SSSR count). The first kappa shape index (κ1) is 27.6. The second-order valence-electron chi connectivity index (χ2n) is 11.3. The van der Waals surface area contributed by atoms with E-state index in [0.29, 0.717) is 44.2 Å². The number of likely N-dealkylation sites (tertiary alicyclic amines) is 1. The average Bonchev–Trinajstić information content (AvgIpc) is 3.12. The first-order valence-electron chi connectivity index (χ1n) is 14.2. The fourth-order valence-corrected chi connectivity index (χ4v) is 6.37. The smallest absolute Gasteiger partial charge is 0.251 e. The van der Waals surface area contributed by atoms with Crippen molar-refractivity contribution in [1.29, 1.82) is 0 Å². The first-order chi connectivity index (χ1) is 17.8. The van der Waals surface area contributed by atoms with Crippen molar-refractivity contribution >= 4 is 17.7 Å². The van der Waals surface area contributed by atoms with E-state index in [2.05, 4.69) is 22.5 Å². The number of unbranched alkanes of at least 4 members (excludes halogenated alkanes) is 1. The second-order valence-corrected chi connectivity index (χ2v) is 11.3. The molecule has 3 N–H and O–H groups in total. The molecule has 0 bridgehead atoms. The minimum Gasteiger partial charge on any atom is -0.390 e. The fraction of sp³-hybridized carbons (Fsp3) is 0.690. The fourth-order valence-electron chi connectivity index (χ4n) is 6.37. The maximum atomic E-state index is 13.8. The van der Waals surface area contributed by atoms with Gasteiger partial charge in [0.2, 0.25) is 11.8 Å². The second kappa shape index (κ2) is 11.9. The lowest BCUT2D eigenvalue weighted by Gasteiger charge is -2.52. The third-order valence-electron chi connectivity index (χ3n) is 8.70. The van der Waals surface area contributed by atoms with Crippen LogP contribution in [-0.2, 0) is 16.1 Å². The van der Waals surface area contributed by atoms with Crippen LogP contribution in [0.25, 0.3) is 0 Å². The van der Waals surface area contributed by atoms with Crippen LogP contribution in [0.4, 0.5) is 0 Å². The number of nitrogens with zero attached hydrogens (tertiary/aromatic N) is 2. The molecule has 0 radical (unpaired) electrons. The van der Waals surface area contributed by atoms with Crippen LogP contribution in [0.1, 0.15) is 93.5 Å². The number of carbonyl (C=O) groups excluding carboxylic acids is 3. The maximum Gasteiger partial charge on any atom is 0.251 e. The molecular weight excluding hydrogens is 468 g/mol. The Labute approximate surface area is 221 Å². The lowest BCUT2D eigenvalue weighted by atomic mass is 9.79. The van der Waals surface area contributed by atoms with Gasteiger partial charge in [-0.05, 0) is 49.8 Å². The molecule has 2 aliphatic heterocycles. The van der Waals surface area contributed by atoms with Gasteiger partial charge in [-0.15, -0.1) is 0 Å². The van der Waals surface area contributed by atoms with Crippen LogP contribution >= 0.6 is 0 Å². The molecule has 37 heavy (non-hydrogen) atoms. The largest absolute Gasteiger partial charge is 0.390 e. The van der Waals surface area contributed by atoms with E-state index in [4.69, 9.17) is 0 Å². The Morgan fingerprint density at radius 3 is 2.30 bits per heavy atom. The summed E-state index contributed by atoms with van der Waals surface area (Å²) >= 11 is 0. The Bertz CT molecular complexity index is 947. The number of carbonyl (C=O) groups is 3. The highest BCUT2D eigenvalue weighted by Crippen LogP contribution is 2.37. The lowest BCUT2D eigenvalue weighted by Crippen LogP contribution is -2.73. The number of piperazine rings is 1. The van der Waals surface area contributed by atoms with Crippen molar-refractivity contribution in [2.75, 3.05) is 26.7 Å². The van der Waals surface area contributed by atoms with E-state index in [1.807, 2.05) is 29.2 Å². The number of hydrogen-bond acceptors (Lipinski definition) is 5. The van der Waals surface area contributed by atoms with E-state index < -0.39 is 17.2 Å². The van der Waals surface area contributed by atoms with Gasteiger partial charge in [-0.3, -0.25) is 19.3 Å². The van der Waals surface area contributed by atoms with E-state index in [-0.39, 0.29) is 17.7 Å². The van der Waals surface area contributed by atoms with Gasteiger partial charge in [0.05, 0.1) is 5.60 Å². The Kier molecular flexibility index (Phi) is 8.90. The highest BCUT2D eigenvalue weighted by molar-refractivity contribution is 6.00. The molecule has 3 fully saturated rings. The van der Waals surface area contributed by atoms with Crippen molar-refractivity contribution in [3.63, 3.8) is 0 Å². The SMILES string of the molecule is CCCCN1C(=O)[C@@H](CC2(O)CCCCCC2)NC(=O)C12CCN(Cc1ccc(C(=O)NC)cc1)CC2. The summed E-state index contributed by atoms with van der Waals surface area (Å²) in [4.78, 5) is 43.5. The summed E-state index contributed by atoms with van der Waals surface area (Å²) in [6.45, 7) is 4.86. The summed E-state index contributed by atoms with van der Waals surface area (Å²) < 4.78 is 0. The summed E-state index contributed by atoms with van der Waals surface area (Å²) in [6.07, 6.45) is 8.91. The summed E-state index contributed by atoms with van der Waals surface area (Å²) in [7, 11) is 1.62. The lowest BCUT2D eigenvalue weighted by molar-refractivity contribution is -0.163. The van der Waals surface area contributed by atoms with Gasteiger partial charge in [0.1, 0.15) is 11.6 Å². The van der Waals surface area contributed by atoms with Gasteiger partial charge >= 0.3 is 0 Å². The van der Waals surface area contributed by atoms with Crippen LogP contribution in [0.15, 0.2) is 24.3 Å². The quantitative estimate of drug-likeness (QED) is 0.465. The molecule has 1 aromatic rings.